The third-order valence-electron chi connectivity index (χ3n) is 2.85. The Morgan fingerprint density at radius 1 is 1.50 bits per heavy atom. The van der Waals surface area contributed by atoms with E-state index in [1.165, 1.54) is 12.8 Å². The van der Waals surface area contributed by atoms with Gasteiger partial charge in [0.25, 0.3) is 0 Å². The minimum atomic E-state index is 0.746. The molecule has 3 nitrogen and oxygen atoms in total. The molecule has 0 bridgehead atoms. The maximum atomic E-state index is 5.74. The molecule has 1 saturated carbocycles. The summed E-state index contributed by atoms with van der Waals surface area (Å²) in [5, 5.41) is 3.09. The van der Waals surface area contributed by atoms with Crippen molar-refractivity contribution in [2.24, 2.45) is 0 Å². The molecule has 0 amide bonds. The Hall–Kier alpha value is -1.06. The highest BCUT2D eigenvalue weighted by atomic mass is 16.3. The Bertz CT molecular complexity index is 341. The Balaban J connectivity index is 1.92. The highest BCUT2D eigenvalue weighted by Crippen LogP contribution is 2.28. The molecule has 88 valence electrons. The van der Waals surface area contributed by atoms with E-state index in [-0.39, 0.29) is 0 Å². The van der Waals surface area contributed by atoms with Gasteiger partial charge < -0.3 is 9.73 Å². The first-order valence-electron chi connectivity index (χ1n) is 5.90. The number of furan rings is 1. The minimum absolute atomic E-state index is 0.746. The molecule has 1 fully saturated rings. The molecule has 0 aromatic carbocycles. The highest BCUT2D eigenvalue weighted by molar-refractivity contribution is 5.08. The highest BCUT2D eigenvalue weighted by Gasteiger charge is 2.28. The molecule has 0 atom stereocenters. The summed E-state index contributed by atoms with van der Waals surface area (Å²) in [4.78, 5) is 2.43. The Kier molecular flexibility index (Phi) is 3.80. The van der Waals surface area contributed by atoms with E-state index in [0.717, 1.165) is 37.2 Å². The third kappa shape index (κ3) is 2.97. The van der Waals surface area contributed by atoms with Crippen LogP contribution in [0.15, 0.2) is 29.2 Å². The molecule has 1 heterocycles. The van der Waals surface area contributed by atoms with Crippen molar-refractivity contribution in [1.29, 1.82) is 0 Å². The molecule has 0 aliphatic heterocycles. The second-order valence-electron chi connectivity index (χ2n) is 4.35. The molecule has 0 radical (unpaired) electrons. The SMILES string of the molecule is C=CCN(Cc1ccc(CNC)o1)C1CC1. The molecule has 0 saturated heterocycles. The maximum Gasteiger partial charge on any atom is 0.118 e. The number of hydrogen-bond donors (Lipinski definition) is 1. The van der Waals surface area contributed by atoms with E-state index in [2.05, 4.69) is 22.9 Å². The summed E-state index contributed by atoms with van der Waals surface area (Å²) < 4.78 is 5.74. The van der Waals surface area contributed by atoms with Crippen LogP contribution in [0.25, 0.3) is 0 Å². The topological polar surface area (TPSA) is 28.4 Å². The predicted octanol–water partition coefficient (Wildman–Crippen LogP) is 2.15. The van der Waals surface area contributed by atoms with Gasteiger partial charge in [0.2, 0.25) is 0 Å². The van der Waals surface area contributed by atoms with E-state index in [1.54, 1.807) is 0 Å². The van der Waals surface area contributed by atoms with Gasteiger partial charge in [-0.2, -0.15) is 0 Å². The fourth-order valence-corrected chi connectivity index (χ4v) is 1.92. The molecule has 1 N–H and O–H groups in total. The molecule has 16 heavy (non-hydrogen) atoms. The first-order valence-corrected chi connectivity index (χ1v) is 5.90. The van der Waals surface area contributed by atoms with Gasteiger partial charge in [0.15, 0.2) is 0 Å². The van der Waals surface area contributed by atoms with Crippen LogP contribution in [-0.2, 0) is 13.1 Å². The van der Waals surface area contributed by atoms with Crippen LogP contribution in [-0.4, -0.2) is 24.5 Å². The fraction of sp³-hybridized carbons (Fsp3) is 0.538. The zero-order valence-electron chi connectivity index (χ0n) is 9.91. The maximum absolute atomic E-state index is 5.74. The summed E-state index contributed by atoms with van der Waals surface area (Å²) >= 11 is 0. The number of nitrogens with one attached hydrogen (secondary N) is 1. The summed E-state index contributed by atoms with van der Waals surface area (Å²) in [5.41, 5.74) is 0. The molecule has 0 spiro atoms. The normalized spacial score (nSPS) is 15.6. The lowest BCUT2D eigenvalue weighted by atomic mass is 10.3. The Morgan fingerprint density at radius 3 is 2.88 bits per heavy atom. The van der Waals surface area contributed by atoms with Crippen LogP contribution >= 0.6 is 0 Å². The summed E-state index contributed by atoms with van der Waals surface area (Å²) in [6.45, 7) is 6.46. The van der Waals surface area contributed by atoms with Crippen LogP contribution in [0, 0.1) is 0 Å². The van der Waals surface area contributed by atoms with Crippen molar-refractivity contribution < 1.29 is 4.42 Å². The van der Waals surface area contributed by atoms with Crippen molar-refractivity contribution in [3.05, 3.63) is 36.3 Å². The molecule has 1 aliphatic rings. The second kappa shape index (κ2) is 5.32. The molecular formula is C13H20N2O. The van der Waals surface area contributed by atoms with Gasteiger partial charge in [-0.05, 0) is 32.0 Å². The van der Waals surface area contributed by atoms with Crippen LogP contribution in [0.2, 0.25) is 0 Å². The summed E-state index contributed by atoms with van der Waals surface area (Å²) in [5.74, 6) is 2.06. The molecular weight excluding hydrogens is 200 g/mol. The third-order valence-corrected chi connectivity index (χ3v) is 2.85. The van der Waals surface area contributed by atoms with Crippen molar-refractivity contribution in [3.63, 3.8) is 0 Å². The molecule has 1 aliphatic carbocycles. The Morgan fingerprint density at radius 2 is 2.25 bits per heavy atom. The molecule has 2 rings (SSSR count). The van der Waals surface area contributed by atoms with Crippen LogP contribution in [0.1, 0.15) is 24.4 Å². The number of nitrogens with zero attached hydrogens (tertiary/aromatic N) is 1. The average Bonchev–Trinajstić information content (AvgIpc) is 3.02. The smallest absolute Gasteiger partial charge is 0.118 e. The lowest BCUT2D eigenvalue weighted by Crippen LogP contribution is -2.25. The number of rotatable bonds is 7. The summed E-state index contributed by atoms with van der Waals surface area (Å²) in [6.07, 6.45) is 4.60. The molecule has 1 aromatic rings. The zero-order valence-corrected chi connectivity index (χ0v) is 9.91. The lowest BCUT2D eigenvalue weighted by molar-refractivity contribution is 0.255. The second-order valence-corrected chi connectivity index (χ2v) is 4.35. The summed E-state index contributed by atoms with van der Waals surface area (Å²) in [7, 11) is 1.93. The molecule has 0 unspecified atom stereocenters. The van der Waals surface area contributed by atoms with Crippen molar-refractivity contribution in [2.45, 2.75) is 32.0 Å². The van der Waals surface area contributed by atoms with Crippen molar-refractivity contribution in [2.75, 3.05) is 13.6 Å². The van der Waals surface area contributed by atoms with Crippen LogP contribution in [0.5, 0.6) is 0 Å². The van der Waals surface area contributed by atoms with Crippen LogP contribution in [0.3, 0.4) is 0 Å². The quantitative estimate of drug-likeness (QED) is 0.714. The largest absolute Gasteiger partial charge is 0.463 e. The van der Waals surface area contributed by atoms with Crippen molar-refractivity contribution >= 4 is 0 Å². The lowest BCUT2D eigenvalue weighted by Gasteiger charge is -2.18. The van der Waals surface area contributed by atoms with E-state index in [0.29, 0.717) is 0 Å². The minimum Gasteiger partial charge on any atom is -0.463 e. The first kappa shape index (κ1) is 11.4. The van der Waals surface area contributed by atoms with Crippen molar-refractivity contribution in [3.8, 4) is 0 Å². The van der Waals surface area contributed by atoms with Crippen LogP contribution < -0.4 is 5.32 Å². The summed E-state index contributed by atoms with van der Waals surface area (Å²) in [6, 6.07) is 4.87. The van der Waals surface area contributed by atoms with E-state index in [1.807, 2.05) is 19.2 Å². The fourth-order valence-electron chi connectivity index (χ4n) is 1.92. The molecule has 1 aromatic heterocycles. The van der Waals surface area contributed by atoms with E-state index in [9.17, 15) is 0 Å². The standard InChI is InChI=1S/C13H20N2O/c1-3-8-15(11-4-5-11)10-13-7-6-12(16-13)9-14-2/h3,6-7,11,14H,1,4-5,8-10H2,2H3. The predicted molar refractivity (Wildman–Crippen MR) is 65.1 cm³/mol. The van der Waals surface area contributed by atoms with Crippen molar-refractivity contribution in [1.82, 2.24) is 10.2 Å². The van der Waals surface area contributed by atoms with Gasteiger partial charge in [0.05, 0.1) is 13.1 Å². The van der Waals surface area contributed by atoms with E-state index < -0.39 is 0 Å². The van der Waals surface area contributed by atoms with E-state index in [4.69, 9.17) is 4.42 Å². The molecule has 3 heteroatoms. The van der Waals surface area contributed by atoms with Gasteiger partial charge in [-0.1, -0.05) is 6.08 Å². The average molecular weight is 220 g/mol. The van der Waals surface area contributed by atoms with Gasteiger partial charge in [0.1, 0.15) is 11.5 Å². The van der Waals surface area contributed by atoms with Gasteiger partial charge >= 0.3 is 0 Å². The van der Waals surface area contributed by atoms with E-state index >= 15 is 0 Å². The number of hydrogen-bond acceptors (Lipinski definition) is 3. The van der Waals surface area contributed by atoms with Gasteiger partial charge in [0, 0.05) is 12.6 Å². The van der Waals surface area contributed by atoms with Gasteiger partial charge in [-0.15, -0.1) is 6.58 Å². The zero-order chi connectivity index (χ0) is 11.4. The van der Waals surface area contributed by atoms with Crippen LogP contribution in [0.4, 0.5) is 0 Å². The first-order chi connectivity index (χ1) is 7.83. The van der Waals surface area contributed by atoms with Gasteiger partial charge in [-0.25, -0.2) is 0 Å². The van der Waals surface area contributed by atoms with Gasteiger partial charge in [-0.3, -0.25) is 4.90 Å². The monoisotopic (exact) mass is 220 g/mol. The Labute approximate surface area is 97.1 Å².